The number of benzene rings is 1. The first-order valence-corrected chi connectivity index (χ1v) is 33.9. The Labute approximate surface area is 645 Å². The normalized spacial score (nSPS) is 11.4. The number of nitrogens with one attached hydrogen (secondary N) is 4. The fourth-order valence-corrected chi connectivity index (χ4v) is 9.72. The summed E-state index contributed by atoms with van der Waals surface area (Å²) in [6.45, 7) is 9.65. The number of carbonyl (C=O) groups is 1. The summed E-state index contributed by atoms with van der Waals surface area (Å²) in [5, 5.41) is 74.0. The van der Waals surface area contributed by atoms with E-state index < -0.39 is 5.91 Å². The Hall–Kier alpha value is -9.70. The van der Waals surface area contributed by atoms with Gasteiger partial charge in [0.05, 0.1) is 42.4 Å². The summed E-state index contributed by atoms with van der Waals surface area (Å²) in [6, 6.07) is 22.2. The lowest BCUT2D eigenvalue weighted by Crippen LogP contribution is -2.22. The van der Waals surface area contributed by atoms with E-state index in [-0.39, 0.29) is 160 Å². The first kappa shape index (κ1) is 92.4. The van der Waals surface area contributed by atoms with Gasteiger partial charge in [0.2, 0.25) is 23.8 Å². The molecule has 0 saturated heterocycles. The summed E-state index contributed by atoms with van der Waals surface area (Å²) >= 11 is 0. The lowest BCUT2D eigenvalue weighted by molar-refractivity contribution is 0.0995. The molecule has 9 rings (SSSR count). The molecule has 4 atom stereocenters. The number of primary amides is 1. The van der Waals surface area contributed by atoms with Crippen molar-refractivity contribution < 1.29 is 44.2 Å². The number of carbonyl (C=O) groups excluding carboxylic acids is 1. The molecule has 580 valence electrons. The van der Waals surface area contributed by atoms with Gasteiger partial charge in [-0.05, 0) is 99.9 Å². The number of aliphatic hydroxyl groups is 4. The van der Waals surface area contributed by atoms with Crippen LogP contribution < -0.4 is 68.9 Å². The second-order valence-corrected chi connectivity index (χ2v) is 23.0. The number of pyridine rings is 1. The minimum atomic E-state index is -0.599. The summed E-state index contributed by atoms with van der Waals surface area (Å²) in [7, 11) is 0. The number of ether oxygens (including phenoxy) is 4. The van der Waals surface area contributed by atoms with Gasteiger partial charge in [0.15, 0.2) is 46.3 Å². The molecule has 0 unspecified atom stereocenters. The molecular formula is C68H105N25O9S4. The highest BCUT2D eigenvalue weighted by Crippen LogP contribution is 2.29. The van der Waals surface area contributed by atoms with Gasteiger partial charge >= 0.3 is 0 Å². The Balaban J connectivity index is 0.000000475. The third-order valence-corrected chi connectivity index (χ3v) is 14.8. The Morgan fingerprint density at radius 2 is 0.783 bits per heavy atom. The molecule has 0 fully saturated rings. The molecule has 0 saturated carbocycles. The second-order valence-electron chi connectivity index (χ2n) is 23.0. The number of anilines is 8. The summed E-state index contributed by atoms with van der Waals surface area (Å²) in [5.74, 6) is 3.91. The topological polar surface area (TPSA) is 511 Å². The standard InChI is InChI=1S/C19H25N7O2.C18H26N6O3.C16H24N6O2.C15H22N6O2.4H2S/c1-2-6-14(9-10-27)22-18-17(11-21-19(20)23-18)28-13-15-12-26(25-24-15)16-7-4-3-5-8-16;1-2-3-5-12(8-9-25)23-17-15(10-21-18(20)24-17)27-11-13-6-4-7-14(22-13)16(19)26;1-2-3-5-12(7-9-23)20-15-14(10-18-16(17)21-15)24-11-13-6-4-8-19-22-13;1-2-4-11(6-8-22)19-14-13(9-17-15(16)20-14)23-10-12-5-3-7-18-21-12;;;;/h3-5,7-8,11-12,14,27H,2,6,9-10,13H2,1H3,(H3,20,21,22,23);4,6-7,10,12,25H,2-3,5,8-9,11H2,1H3,(H2,19,26)(H3,20,21,23,24);4,6,8,10,12,23H,2-3,5,7,9,11H2,1H3,(H3,17,18,20,21);3,5,7,9,11,22H,2,4,6,8,10H2,1H3,(H3,16,17,19,20);4*1H2/t14-;2*12-;11-;;;;/m0000..../s1. The summed E-state index contributed by atoms with van der Waals surface area (Å²) in [4.78, 5) is 48.2. The fraction of sp³-hybridized carbons (Fsp3) is 0.441. The van der Waals surface area contributed by atoms with Crippen molar-refractivity contribution in [2.24, 2.45) is 5.73 Å². The molecule has 106 heavy (non-hydrogen) atoms. The molecular weight excluding hydrogens is 1440 g/mol. The van der Waals surface area contributed by atoms with Gasteiger partial charge in [-0.3, -0.25) is 4.79 Å². The Kier molecular flexibility index (Phi) is 46.3. The van der Waals surface area contributed by atoms with Crippen LogP contribution in [0, 0.1) is 0 Å². The SMILES string of the molecule is CCCC[C@@H](CCO)Nc1nc(N)ncc1OCc1cccc(C(N)=O)n1.CCCC[C@@H](CCO)Nc1nc(N)ncc1OCc1cccnn1.CCC[C@@H](CCO)Nc1nc(N)ncc1OCc1cccnn1.CCC[C@@H](CCO)Nc1nc(N)ncc1OCc1cn(-c2ccccc2)nn1.S.S.S.S. The molecule has 9 aromatic rings. The molecule has 18 N–H and O–H groups in total. The monoisotopic (exact) mass is 1540 g/mol. The van der Waals surface area contributed by atoms with E-state index in [0.717, 1.165) is 69.9 Å². The smallest absolute Gasteiger partial charge is 0.267 e. The largest absolute Gasteiger partial charge is 0.482 e. The van der Waals surface area contributed by atoms with Crippen LogP contribution >= 0.6 is 54.0 Å². The van der Waals surface area contributed by atoms with Crippen molar-refractivity contribution >= 4 is 107 Å². The second kappa shape index (κ2) is 53.1. The van der Waals surface area contributed by atoms with Gasteiger partial charge in [0, 0.05) is 63.0 Å². The van der Waals surface area contributed by atoms with Crippen LogP contribution in [0.1, 0.15) is 151 Å². The molecule has 0 spiro atoms. The van der Waals surface area contributed by atoms with Crippen LogP contribution in [0.2, 0.25) is 0 Å². The van der Waals surface area contributed by atoms with E-state index >= 15 is 0 Å². The van der Waals surface area contributed by atoms with Crippen molar-refractivity contribution in [2.45, 2.75) is 168 Å². The maximum atomic E-state index is 11.2. The van der Waals surface area contributed by atoms with Crippen molar-refractivity contribution in [3.63, 3.8) is 0 Å². The predicted molar refractivity (Wildman–Crippen MR) is 428 cm³/mol. The molecule has 0 bridgehead atoms. The van der Waals surface area contributed by atoms with Gasteiger partial charge in [-0.1, -0.05) is 95.7 Å². The first-order valence-electron chi connectivity index (χ1n) is 33.9. The molecule has 0 aliphatic carbocycles. The quantitative estimate of drug-likeness (QED) is 0.0179. The average molecular weight is 1550 g/mol. The molecule has 1 amide bonds. The zero-order valence-electron chi connectivity index (χ0n) is 60.2. The van der Waals surface area contributed by atoms with E-state index in [0.29, 0.717) is 94.7 Å². The zero-order valence-corrected chi connectivity index (χ0v) is 64.2. The minimum absolute atomic E-state index is 0. The Morgan fingerprint density at radius 1 is 0.425 bits per heavy atom. The number of nitrogens with two attached hydrogens (primary N) is 5. The van der Waals surface area contributed by atoms with Crippen molar-refractivity contribution in [2.75, 3.05) is 70.6 Å². The van der Waals surface area contributed by atoms with Crippen molar-refractivity contribution in [3.05, 3.63) is 145 Å². The molecule has 0 aliphatic rings. The van der Waals surface area contributed by atoms with Gasteiger partial charge in [-0.25, -0.2) is 29.6 Å². The van der Waals surface area contributed by atoms with Crippen LogP contribution in [-0.4, -0.2) is 157 Å². The molecule has 0 radical (unpaired) electrons. The molecule has 38 heteroatoms. The van der Waals surface area contributed by atoms with Gasteiger partial charge < -0.3 is 89.3 Å². The molecule has 8 aromatic heterocycles. The number of nitrogen functional groups attached to an aromatic ring is 4. The average Bonchev–Trinajstić information content (AvgIpc) is 1.23. The number of aliphatic hydroxyl groups excluding tert-OH is 4. The highest BCUT2D eigenvalue weighted by molar-refractivity contribution is 7.59. The Morgan fingerprint density at radius 3 is 1.12 bits per heavy atom. The van der Waals surface area contributed by atoms with Crippen LogP contribution in [0.3, 0.4) is 0 Å². The van der Waals surface area contributed by atoms with E-state index in [1.807, 2.05) is 48.7 Å². The number of hydrogen-bond acceptors (Lipinski definition) is 32. The maximum absolute atomic E-state index is 11.2. The number of para-hydroxylation sites is 1. The van der Waals surface area contributed by atoms with Crippen molar-refractivity contribution in [1.82, 2.24) is 80.2 Å². The lowest BCUT2D eigenvalue weighted by Gasteiger charge is -2.20. The number of aromatic nitrogens is 16. The van der Waals surface area contributed by atoms with Crippen molar-refractivity contribution in [1.29, 1.82) is 0 Å². The summed E-state index contributed by atoms with van der Waals surface area (Å²) < 4.78 is 24.8. The lowest BCUT2D eigenvalue weighted by atomic mass is 10.1. The van der Waals surface area contributed by atoms with Gasteiger partial charge in [0.1, 0.15) is 49.2 Å². The van der Waals surface area contributed by atoms with Crippen LogP contribution in [0.15, 0.2) is 116 Å². The molecule has 1 aromatic carbocycles. The zero-order chi connectivity index (χ0) is 73.1. The molecule has 34 nitrogen and oxygen atoms in total. The number of nitrogens with zero attached hydrogens (tertiary/aromatic N) is 16. The fourth-order valence-electron chi connectivity index (χ4n) is 9.72. The number of rotatable bonds is 40. The van der Waals surface area contributed by atoms with Crippen LogP contribution in [0.5, 0.6) is 23.0 Å². The van der Waals surface area contributed by atoms with E-state index in [1.165, 1.54) is 24.8 Å². The van der Waals surface area contributed by atoms with E-state index in [2.05, 4.69) is 125 Å². The maximum Gasteiger partial charge on any atom is 0.267 e. The Bertz CT molecular complexity index is 3820. The van der Waals surface area contributed by atoms with E-state index in [9.17, 15) is 25.2 Å². The van der Waals surface area contributed by atoms with E-state index in [4.69, 9.17) is 47.6 Å². The number of hydrogen-bond donors (Lipinski definition) is 13. The van der Waals surface area contributed by atoms with Crippen molar-refractivity contribution in [3.8, 4) is 28.7 Å². The van der Waals surface area contributed by atoms with Gasteiger partial charge in [-0.2, -0.15) is 94.3 Å². The van der Waals surface area contributed by atoms with Gasteiger partial charge in [0.25, 0.3) is 5.91 Å². The highest BCUT2D eigenvalue weighted by atomic mass is 32.1. The summed E-state index contributed by atoms with van der Waals surface area (Å²) in [6.07, 6.45) is 23.4. The number of amides is 1. The predicted octanol–water partition coefficient (Wildman–Crippen LogP) is 7.29. The highest BCUT2D eigenvalue weighted by Gasteiger charge is 2.19. The molecule has 0 aliphatic heterocycles. The van der Waals surface area contributed by atoms with E-state index in [1.54, 1.807) is 47.4 Å². The third kappa shape index (κ3) is 34.0. The number of unbranched alkanes of at least 4 members (excludes halogenated alkanes) is 2. The van der Waals surface area contributed by atoms with Crippen LogP contribution in [0.25, 0.3) is 5.69 Å². The van der Waals surface area contributed by atoms with Crippen LogP contribution in [-0.2, 0) is 26.4 Å². The summed E-state index contributed by atoms with van der Waals surface area (Å²) in [5.41, 5.74) is 31.8. The van der Waals surface area contributed by atoms with Gasteiger partial charge in [-0.15, -0.1) is 5.10 Å². The first-order chi connectivity index (χ1) is 49.7. The minimum Gasteiger partial charge on any atom is -0.482 e. The van der Waals surface area contributed by atoms with Crippen LogP contribution in [0.4, 0.5) is 47.1 Å². The third-order valence-electron chi connectivity index (χ3n) is 14.8. The molecule has 8 heterocycles.